The number of nitrogens with one attached hydrogen (secondary N) is 1. The highest BCUT2D eigenvalue weighted by molar-refractivity contribution is 7.89. The average Bonchev–Trinajstić information content (AvgIpc) is 2.45. The zero-order chi connectivity index (χ0) is 15.0. The van der Waals surface area contributed by atoms with E-state index in [-0.39, 0.29) is 0 Å². The lowest BCUT2D eigenvalue weighted by molar-refractivity contribution is 0.185. The van der Waals surface area contributed by atoms with Gasteiger partial charge in [-0.1, -0.05) is 25.1 Å². The zero-order valence-corrected chi connectivity index (χ0v) is 13.2. The summed E-state index contributed by atoms with van der Waals surface area (Å²) in [5.74, 6) is 0. The summed E-state index contributed by atoms with van der Waals surface area (Å²) in [7, 11) is -0.333. The monoisotopic (exact) mass is 300 g/mol. The van der Waals surface area contributed by atoms with Crippen LogP contribution in [-0.2, 0) is 21.3 Å². The van der Waals surface area contributed by atoms with Crippen molar-refractivity contribution in [1.82, 2.24) is 9.62 Å². The molecular formula is C14H24N2O3S. The van der Waals surface area contributed by atoms with Crippen LogP contribution in [0.3, 0.4) is 0 Å². The molecule has 0 amide bonds. The summed E-state index contributed by atoms with van der Waals surface area (Å²) in [6.45, 7) is 4.23. The van der Waals surface area contributed by atoms with Gasteiger partial charge in [0.15, 0.2) is 0 Å². The van der Waals surface area contributed by atoms with Gasteiger partial charge in [0.1, 0.15) is 0 Å². The predicted octanol–water partition coefficient (Wildman–Crippen LogP) is 1.45. The Morgan fingerprint density at radius 2 is 2.00 bits per heavy atom. The van der Waals surface area contributed by atoms with Crippen LogP contribution >= 0.6 is 0 Å². The van der Waals surface area contributed by atoms with Crippen molar-refractivity contribution in [2.24, 2.45) is 0 Å². The van der Waals surface area contributed by atoms with Gasteiger partial charge in [-0.05, 0) is 24.6 Å². The molecule has 0 saturated carbocycles. The molecule has 20 heavy (non-hydrogen) atoms. The minimum Gasteiger partial charge on any atom is -0.383 e. The van der Waals surface area contributed by atoms with Crippen molar-refractivity contribution in [3.8, 4) is 0 Å². The number of hydrogen-bond acceptors (Lipinski definition) is 4. The maximum Gasteiger partial charge on any atom is 0.243 e. The third-order valence-corrected chi connectivity index (χ3v) is 4.97. The Morgan fingerprint density at radius 3 is 2.65 bits per heavy atom. The van der Waals surface area contributed by atoms with Crippen molar-refractivity contribution in [3.05, 3.63) is 29.8 Å². The van der Waals surface area contributed by atoms with E-state index in [1.54, 1.807) is 26.3 Å². The van der Waals surface area contributed by atoms with E-state index in [9.17, 15) is 8.42 Å². The third-order valence-electron chi connectivity index (χ3n) is 3.01. The molecule has 1 N–H and O–H groups in total. The van der Waals surface area contributed by atoms with Crippen LogP contribution in [-0.4, -0.2) is 46.6 Å². The first-order valence-corrected chi connectivity index (χ1v) is 8.22. The van der Waals surface area contributed by atoms with E-state index in [4.69, 9.17) is 4.74 Å². The molecule has 1 rings (SSSR count). The molecule has 0 radical (unpaired) electrons. The van der Waals surface area contributed by atoms with Gasteiger partial charge >= 0.3 is 0 Å². The molecule has 6 heteroatoms. The summed E-state index contributed by atoms with van der Waals surface area (Å²) < 4.78 is 31.3. The maximum atomic E-state index is 12.5. The fourth-order valence-corrected chi connectivity index (χ4v) is 3.18. The van der Waals surface area contributed by atoms with Crippen molar-refractivity contribution in [2.45, 2.75) is 24.8 Å². The van der Waals surface area contributed by atoms with Gasteiger partial charge < -0.3 is 10.1 Å². The van der Waals surface area contributed by atoms with Gasteiger partial charge in [-0.2, -0.15) is 4.31 Å². The van der Waals surface area contributed by atoms with Gasteiger partial charge in [0.25, 0.3) is 0 Å². The molecule has 5 nitrogen and oxygen atoms in total. The number of rotatable bonds is 9. The number of hydrogen-bond donors (Lipinski definition) is 1. The quantitative estimate of drug-likeness (QED) is 0.701. The second-order valence-corrected chi connectivity index (χ2v) is 6.62. The van der Waals surface area contributed by atoms with E-state index in [0.717, 1.165) is 18.5 Å². The van der Waals surface area contributed by atoms with E-state index in [1.807, 2.05) is 12.1 Å². The topological polar surface area (TPSA) is 58.6 Å². The lowest BCUT2D eigenvalue weighted by Gasteiger charge is -2.19. The Morgan fingerprint density at radius 1 is 1.30 bits per heavy atom. The number of nitrogens with zero attached hydrogens (tertiary/aromatic N) is 1. The first kappa shape index (κ1) is 17.1. The Bertz CT molecular complexity index is 503. The molecule has 0 aliphatic rings. The molecule has 1 aromatic carbocycles. The Kier molecular flexibility index (Phi) is 7.15. The van der Waals surface area contributed by atoms with Gasteiger partial charge in [0, 0.05) is 27.2 Å². The second kappa shape index (κ2) is 8.36. The van der Waals surface area contributed by atoms with Crippen molar-refractivity contribution in [1.29, 1.82) is 0 Å². The van der Waals surface area contributed by atoms with Crippen LogP contribution in [0.25, 0.3) is 0 Å². The summed E-state index contributed by atoms with van der Waals surface area (Å²) in [5.41, 5.74) is 0.796. The summed E-state index contributed by atoms with van der Waals surface area (Å²) in [6.07, 6.45) is 1.02. The molecule has 0 aliphatic carbocycles. The highest BCUT2D eigenvalue weighted by Crippen LogP contribution is 2.19. The lowest BCUT2D eigenvalue weighted by Crippen LogP contribution is -2.31. The normalized spacial score (nSPS) is 12.0. The van der Waals surface area contributed by atoms with Crippen molar-refractivity contribution < 1.29 is 13.2 Å². The molecule has 0 atom stereocenters. The van der Waals surface area contributed by atoms with Crippen LogP contribution in [0.2, 0.25) is 0 Å². The van der Waals surface area contributed by atoms with Crippen molar-refractivity contribution in [3.63, 3.8) is 0 Å². The standard InChI is InChI=1S/C14H24N2O3S/c1-4-9-15-12-13-7-5-6-8-14(13)20(17,18)16(2)10-11-19-3/h5-8,15H,4,9-12H2,1-3H3. The van der Waals surface area contributed by atoms with Crippen LogP contribution in [0.1, 0.15) is 18.9 Å². The van der Waals surface area contributed by atoms with Crippen molar-refractivity contribution in [2.75, 3.05) is 33.9 Å². The lowest BCUT2D eigenvalue weighted by atomic mass is 10.2. The van der Waals surface area contributed by atoms with Crippen LogP contribution in [0.4, 0.5) is 0 Å². The summed E-state index contributed by atoms with van der Waals surface area (Å²) >= 11 is 0. The van der Waals surface area contributed by atoms with E-state index in [2.05, 4.69) is 12.2 Å². The second-order valence-electron chi connectivity index (χ2n) is 4.60. The van der Waals surface area contributed by atoms with Gasteiger partial charge in [0.05, 0.1) is 11.5 Å². The van der Waals surface area contributed by atoms with Crippen molar-refractivity contribution >= 4 is 10.0 Å². The minimum absolute atomic E-state index is 0.343. The van der Waals surface area contributed by atoms with Crippen LogP contribution < -0.4 is 5.32 Å². The van der Waals surface area contributed by atoms with E-state index in [0.29, 0.717) is 24.6 Å². The van der Waals surface area contributed by atoms with E-state index < -0.39 is 10.0 Å². The number of ether oxygens (including phenoxy) is 1. The van der Waals surface area contributed by atoms with Gasteiger partial charge in [-0.15, -0.1) is 0 Å². The molecule has 1 aromatic rings. The Hall–Kier alpha value is -0.950. The summed E-state index contributed by atoms with van der Waals surface area (Å²) in [4.78, 5) is 0.363. The largest absolute Gasteiger partial charge is 0.383 e. The Labute approximate surface area is 122 Å². The molecule has 0 saturated heterocycles. The fourth-order valence-electron chi connectivity index (χ4n) is 1.81. The van der Waals surface area contributed by atoms with Crippen LogP contribution in [0, 0.1) is 0 Å². The molecule has 0 heterocycles. The average molecular weight is 300 g/mol. The molecule has 114 valence electrons. The molecule has 0 bridgehead atoms. The number of likely N-dealkylation sites (N-methyl/N-ethyl adjacent to an activating group) is 1. The molecular weight excluding hydrogens is 276 g/mol. The first-order valence-electron chi connectivity index (χ1n) is 6.78. The fraction of sp³-hybridized carbons (Fsp3) is 0.571. The highest BCUT2D eigenvalue weighted by atomic mass is 32.2. The molecule has 0 aromatic heterocycles. The molecule has 0 spiro atoms. The number of methoxy groups -OCH3 is 1. The van der Waals surface area contributed by atoms with Gasteiger partial charge in [0.2, 0.25) is 10.0 Å². The summed E-state index contributed by atoms with van der Waals surface area (Å²) in [6, 6.07) is 7.11. The molecule has 0 fully saturated rings. The molecule has 0 aliphatic heterocycles. The van der Waals surface area contributed by atoms with Gasteiger partial charge in [-0.3, -0.25) is 0 Å². The zero-order valence-electron chi connectivity index (χ0n) is 12.4. The van der Waals surface area contributed by atoms with Gasteiger partial charge in [-0.25, -0.2) is 8.42 Å². The number of sulfonamides is 1. The summed E-state index contributed by atoms with van der Waals surface area (Å²) in [5, 5.41) is 3.24. The smallest absolute Gasteiger partial charge is 0.243 e. The Balaban J connectivity index is 2.93. The maximum absolute atomic E-state index is 12.5. The predicted molar refractivity (Wildman–Crippen MR) is 80.1 cm³/mol. The van der Waals surface area contributed by atoms with Crippen LogP contribution in [0.5, 0.6) is 0 Å². The highest BCUT2D eigenvalue weighted by Gasteiger charge is 2.22. The van der Waals surface area contributed by atoms with Crippen LogP contribution in [0.15, 0.2) is 29.2 Å². The third kappa shape index (κ3) is 4.56. The molecule has 0 unspecified atom stereocenters. The first-order chi connectivity index (χ1) is 9.54. The van der Waals surface area contributed by atoms with E-state index >= 15 is 0 Å². The van der Waals surface area contributed by atoms with E-state index in [1.165, 1.54) is 4.31 Å². The SMILES string of the molecule is CCCNCc1ccccc1S(=O)(=O)N(C)CCOC. The number of benzene rings is 1. The minimum atomic E-state index is -3.47.